The minimum Gasteiger partial charge on any atom is -0.473 e. The van der Waals surface area contributed by atoms with E-state index in [-0.39, 0.29) is 5.91 Å². The zero-order valence-corrected chi connectivity index (χ0v) is 13.8. The van der Waals surface area contributed by atoms with Gasteiger partial charge in [0, 0.05) is 5.56 Å². The molecule has 0 saturated carbocycles. The van der Waals surface area contributed by atoms with E-state index >= 15 is 0 Å². The van der Waals surface area contributed by atoms with Crippen molar-refractivity contribution in [3.63, 3.8) is 0 Å². The molecule has 4 N–H and O–H groups in total. The van der Waals surface area contributed by atoms with E-state index in [0.717, 1.165) is 0 Å². The van der Waals surface area contributed by atoms with Gasteiger partial charge in [-0.25, -0.2) is 9.59 Å². The normalized spacial score (nSPS) is 15.2. The van der Waals surface area contributed by atoms with Crippen LogP contribution in [-0.4, -0.2) is 52.6 Å². The summed E-state index contributed by atoms with van der Waals surface area (Å²) in [5.74, 6) is -3.40. The van der Waals surface area contributed by atoms with Gasteiger partial charge in [-0.3, -0.25) is 4.79 Å². The van der Waals surface area contributed by atoms with E-state index in [4.69, 9.17) is 25.5 Å². The molecule has 24 heavy (non-hydrogen) atoms. The molecule has 0 unspecified atom stereocenters. The van der Waals surface area contributed by atoms with Crippen molar-refractivity contribution in [2.45, 2.75) is 32.1 Å². The predicted molar refractivity (Wildman–Crippen MR) is 88.9 cm³/mol. The highest BCUT2D eigenvalue weighted by Crippen LogP contribution is 2.28. The molecule has 1 fully saturated rings. The number of carboxylic acids is 2. The van der Waals surface area contributed by atoms with Gasteiger partial charge in [0.15, 0.2) is 0 Å². The number of carbonyl (C=O) groups excluding carboxylic acids is 1. The van der Waals surface area contributed by atoms with Gasteiger partial charge in [0.2, 0.25) is 5.91 Å². The maximum Gasteiger partial charge on any atom is 0.414 e. The van der Waals surface area contributed by atoms with Crippen molar-refractivity contribution in [3.05, 3.63) is 35.4 Å². The van der Waals surface area contributed by atoms with E-state index in [2.05, 4.69) is 17.9 Å². The van der Waals surface area contributed by atoms with E-state index in [1.54, 1.807) is 6.07 Å². The lowest BCUT2D eigenvalue weighted by molar-refractivity contribution is -0.159. The van der Waals surface area contributed by atoms with Crippen molar-refractivity contribution in [1.82, 2.24) is 4.90 Å². The van der Waals surface area contributed by atoms with Crippen molar-refractivity contribution in [2.75, 3.05) is 19.6 Å². The highest BCUT2D eigenvalue weighted by atomic mass is 16.4. The van der Waals surface area contributed by atoms with Crippen LogP contribution < -0.4 is 5.73 Å². The Balaban J connectivity index is 0.000000413. The van der Waals surface area contributed by atoms with Crippen LogP contribution in [0.2, 0.25) is 0 Å². The number of rotatable bonds is 4. The maximum atomic E-state index is 11.2. The summed E-state index contributed by atoms with van der Waals surface area (Å²) >= 11 is 0. The maximum absolute atomic E-state index is 11.2. The third-order valence-corrected chi connectivity index (χ3v) is 3.95. The topological polar surface area (TPSA) is 121 Å². The average molecular weight is 336 g/mol. The van der Waals surface area contributed by atoms with Crippen LogP contribution in [0.4, 0.5) is 0 Å². The predicted octanol–water partition coefficient (Wildman–Crippen LogP) is 1.53. The van der Waals surface area contributed by atoms with Crippen LogP contribution >= 0.6 is 0 Å². The zero-order chi connectivity index (χ0) is 18.1. The van der Waals surface area contributed by atoms with Gasteiger partial charge in [0.1, 0.15) is 0 Å². The molecule has 0 spiro atoms. The van der Waals surface area contributed by atoms with E-state index < -0.39 is 11.9 Å². The van der Waals surface area contributed by atoms with Gasteiger partial charge < -0.3 is 20.8 Å². The highest BCUT2D eigenvalue weighted by Gasteiger charge is 2.20. The van der Waals surface area contributed by atoms with Gasteiger partial charge in [0.25, 0.3) is 0 Å². The van der Waals surface area contributed by atoms with Crippen LogP contribution in [0.5, 0.6) is 0 Å². The summed E-state index contributed by atoms with van der Waals surface area (Å²) in [6, 6.07) is 7.81. The molecule has 1 amide bonds. The molecule has 1 aliphatic heterocycles. The number of amides is 1. The third-order valence-electron chi connectivity index (χ3n) is 3.95. The molecule has 0 aliphatic carbocycles. The molecule has 7 nitrogen and oxygen atoms in total. The fraction of sp³-hybridized carbons (Fsp3) is 0.471. The SMILES string of the molecule is CCCN1CCC(c2cccc(C(N)=O)c2)CC1.O=C(O)C(=O)O. The fourth-order valence-electron chi connectivity index (χ4n) is 2.75. The number of hydrogen-bond acceptors (Lipinski definition) is 4. The quantitative estimate of drug-likeness (QED) is 0.717. The van der Waals surface area contributed by atoms with Crippen LogP contribution in [0.1, 0.15) is 48.0 Å². The molecule has 0 atom stereocenters. The Kier molecular flexibility index (Phi) is 7.91. The van der Waals surface area contributed by atoms with Crippen LogP contribution in [0.25, 0.3) is 0 Å². The zero-order valence-electron chi connectivity index (χ0n) is 13.8. The van der Waals surface area contributed by atoms with Crippen LogP contribution in [-0.2, 0) is 9.59 Å². The van der Waals surface area contributed by atoms with Gasteiger partial charge >= 0.3 is 11.9 Å². The van der Waals surface area contributed by atoms with E-state index in [9.17, 15) is 4.79 Å². The Hall–Kier alpha value is -2.41. The molecule has 0 radical (unpaired) electrons. The molecular weight excluding hydrogens is 312 g/mol. The first kappa shape index (κ1) is 19.6. The summed E-state index contributed by atoms with van der Waals surface area (Å²) in [5.41, 5.74) is 7.22. The van der Waals surface area contributed by atoms with Crippen LogP contribution in [0.15, 0.2) is 24.3 Å². The number of aliphatic carboxylic acids is 2. The minimum absolute atomic E-state index is 0.333. The van der Waals surface area contributed by atoms with Gasteiger partial charge in [-0.15, -0.1) is 0 Å². The van der Waals surface area contributed by atoms with Crippen LogP contribution in [0, 0.1) is 0 Å². The number of nitrogens with zero attached hydrogens (tertiary/aromatic N) is 1. The van der Waals surface area contributed by atoms with E-state index in [0.29, 0.717) is 11.5 Å². The largest absolute Gasteiger partial charge is 0.473 e. The number of benzene rings is 1. The van der Waals surface area contributed by atoms with Crippen LogP contribution in [0.3, 0.4) is 0 Å². The van der Waals surface area contributed by atoms with Gasteiger partial charge in [0.05, 0.1) is 0 Å². The summed E-state index contributed by atoms with van der Waals surface area (Å²) in [4.78, 5) is 31.9. The molecule has 132 valence electrons. The van der Waals surface area contributed by atoms with Crippen molar-refractivity contribution >= 4 is 17.8 Å². The summed E-state index contributed by atoms with van der Waals surface area (Å²) in [7, 11) is 0. The Morgan fingerprint density at radius 1 is 1.17 bits per heavy atom. The number of hydrogen-bond donors (Lipinski definition) is 3. The first-order valence-corrected chi connectivity index (χ1v) is 7.93. The summed E-state index contributed by atoms with van der Waals surface area (Å²) in [5, 5.41) is 14.8. The molecule has 1 aromatic carbocycles. The standard InChI is InChI=1S/C15H22N2O.C2H2O4/c1-2-8-17-9-6-12(7-10-17)13-4-3-5-14(11-13)15(16)18;3-1(4)2(5)6/h3-5,11-12H,2,6-10H2,1H3,(H2,16,18);(H,3,4)(H,5,6). The molecule has 1 aliphatic rings. The number of primary amides is 1. The van der Waals surface area contributed by atoms with Crippen molar-refractivity contribution in [1.29, 1.82) is 0 Å². The van der Waals surface area contributed by atoms with Crippen molar-refractivity contribution in [2.24, 2.45) is 5.73 Å². The fourth-order valence-corrected chi connectivity index (χ4v) is 2.75. The first-order valence-electron chi connectivity index (χ1n) is 7.93. The number of carbonyl (C=O) groups is 3. The average Bonchev–Trinajstić information content (AvgIpc) is 2.56. The Morgan fingerprint density at radius 3 is 2.21 bits per heavy atom. The lowest BCUT2D eigenvalue weighted by Gasteiger charge is -2.32. The van der Waals surface area contributed by atoms with E-state index in [1.807, 2.05) is 12.1 Å². The minimum atomic E-state index is -1.82. The molecule has 0 bridgehead atoms. The Bertz CT molecular complexity index is 568. The molecule has 7 heteroatoms. The monoisotopic (exact) mass is 336 g/mol. The molecule has 1 aromatic rings. The highest BCUT2D eigenvalue weighted by molar-refractivity contribution is 6.27. The summed E-state index contributed by atoms with van der Waals surface area (Å²) in [6.45, 7) is 5.76. The van der Waals surface area contributed by atoms with Gasteiger partial charge in [-0.1, -0.05) is 19.1 Å². The number of carboxylic acid groups (broad SMARTS) is 2. The van der Waals surface area contributed by atoms with Crippen molar-refractivity contribution in [3.8, 4) is 0 Å². The summed E-state index contributed by atoms with van der Waals surface area (Å²) in [6.07, 6.45) is 3.59. The molecule has 0 aromatic heterocycles. The smallest absolute Gasteiger partial charge is 0.414 e. The lowest BCUT2D eigenvalue weighted by Crippen LogP contribution is -2.33. The van der Waals surface area contributed by atoms with E-state index in [1.165, 1.54) is 44.5 Å². The summed E-state index contributed by atoms with van der Waals surface area (Å²) < 4.78 is 0. The molecule has 1 heterocycles. The van der Waals surface area contributed by atoms with Gasteiger partial charge in [-0.2, -0.15) is 0 Å². The second-order valence-electron chi connectivity index (χ2n) is 5.72. The van der Waals surface area contributed by atoms with Gasteiger partial charge in [-0.05, 0) is 62.5 Å². The molecule has 2 rings (SSSR count). The number of nitrogens with two attached hydrogens (primary N) is 1. The Labute approximate surface area is 141 Å². The molecular formula is C17H24N2O5. The third kappa shape index (κ3) is 6.37. The Morgan fingerprint density at radius 2 is 1.75 bits per heavy atom. The second kappa shape index (κ2) is 9.67. The number of likely N-dealkylation sites (tertiary alicyclic amines) is 1. The second-order valence-corrected chi connectivity index (χ2v) is 5.72. The lowest BCUT2D eigenvalue weighted by atomic mass is 9.88. The molecule has 1 saturated heterocycles. The van der Waals surface area contributed by atoms with Crippen molar-refractivity contribution < 1.29 is 24.6 Å². The first-order chi connectivity index (χ1) is 11.3. The number of piperidine rings is 1.